The molecule has 1 aromatic carbocycles. The van der Waals surface area contributed by atoms with E-state index in [2.05, 4.69) is 20.6 Å². The third kappa shape index (κ3) is 4.71. The van der Waals surface area contributed by atoms with Crippen LogP contribution in [0.4, 0.5) is 17.5 Å². The molecule has 1 fully saturated rings. The van der Waals surface area contributed by atoms with Gasteiger partial charge in [-0.05, 0) is 31.9 Å². The predicted octanol–water partition coefficient (Wildman–Crippen LogP) is 4.45. The van der Waals surface area contributed by atoms with Gasteiger partial charge in [0.2, 0.25) is 5.95 Å². The summed E-state index contributed by atoms with van der Waals surface area (Å²) in [5.41, 5.74) is 1.96. The lowest BCUT2D eigenvalue weighted by Gasteiger charge is -2.18. The lowest BCUT2D eigenvalue weighted by molar-refractivity contribution is 0.0602. The van der Waals surface area contributed by atoms with Crippen LogP contribution in [0.3, 0.4) is 0 Å². The smallest absolute Gasteiger partial charge is 0.339 e. The van der Waals surface area contributed by atoms with Gasteiger partial charge >= 0.3 is 5.97 Å². The first-order chi connectivity index (χ1) is 12.7. The van der Waals surface area contributed by atoms with E-state index in [4.69, 9.17) is 4.74 Å². The first-order valence-electron chi connectivity index (χ1n) is 9.22. The molecule has 26 heavy (non-hydrogen) atoms. The molecule has 1 heterocycles. The molecule has 0 aliphatic heterocycles. The summed E-state index contributed by atoms with van der Waals surface area (Å²) in [7, 11) is 1.37. The normalized spacial score (nSPS) is 15.2. The number of rotatable bonds is 5. The highest BCUT2D eigenvalue weighted by Crippen LogP contribution is 2.23. The van der Waals surface area contributed by atoms with E-state index in [1.165, 1.54) is 45.6 Å². The third-order valence-corrected chi connectivity index (χ3v) is 4.64. The zero-order valence-corrected chi connectivity index (χ0v) is 15.4. The summed E-state index contributed by atoms with van der Waals surface area (Å²) in [4.78, 5) is 21.0. The number of aromatic nitrogens is 2. The molecule has 0 spiro atoms. The fraction of sp³-hybridized carbons (Fsp3) is 0.450. The van der Waals surface area contributed by atoms with Crippen LogP contribution in [0.1, 0.15) is 54.6 Å². The zero-order valence-electron chi connectivity index (χ0n) is 15.4. The van der Waals surface area contributed by atoms with Gasteiger partial charge in [0.25, 0.3) is 0 Å². The van der Waals surface area contributed by atoms with Gasteiger partial charge in [0.1, 0.15) is 5.82 Å². The summed E-state index contributed by atoms with van der Waals surface area (Å²) in [5, 5.41) is 6.71. The van der Waals surface area contributed by atoms with Crippen LogP contribution in [0.25, 0.3) is 0 Å². The first kappa shape index (κ1) is 18.2. The Labute approximate surface area is 154 Å². The maximum Gasteiger partial charge on any atom is 0.339 e. The standard InChI is InChI=1S/C20H26N4O2/c1-14-13-18(22-15-9-5-3-4-6-10-15)24-20(21-14)23-17-12-8-7-11-16(17)19(25)26-2/h7-8,11-13,15H,3-6,9-10H2,1-2H3,(H2,21,22,23,24). The number of para-hydroxylation sites is 1. The number of carbonyl (C=O) groups excluding carboxylic acids is 1. The number of ether oxygens (including phenoxy) is 1. The monoisotopic (exact) mass is 354 g/mol. The zero-order chi connectivity index (χ0) is 18.4. The number of anilines is 3. The summed E-state index contributed by atoms with van der Waals surface area (Å²) in [6.07, 6.45) is 7.52. The number of esters is 1. The van der Waals surface area contributed by atoms with Gasteiger partial charge in [-0.3, -0.25) is 0 Å². The van der Waals surface area contributed by atoms with Gasteiger partial charge in [-0.2, -0.15) is 4.98 Å². The van der Waals surface area contributed by atoms with E-state index < -0.39 is 5.97 Å². The van der Waals surface area contributed by atoms with Crippen molar-refractivity contribution in [1.82, 2.24) is 9.97 Å². The highest BCUT2D eigenvalue weighted by molar-refractivity contribution is 5.96. The van der Waals surface area contributed by atoms with Gasteiger partial charge in [-0.1, -0.05) is 37.8 Å². The van der Waals surface area contributed by atoms with E-state index in [-0.39, 0.29) is 0 Å². The minimum absolute atomic E-state index is 0.391. The highest BCUT2D eigenvalue weighted by Gasteiger charge is 2.15. The van der Waals surface area contributed by atoms with Crippen molar-refractivity contribution in [3.8, 4) is 0 Å². The van der Waals surface area contributed by atoms with Crippen LogP contribution in [0.2, 0.25) is 0 Å². The fourth-order valence-electron chi connectivity index (χ4n) is 3.33. The Bertz CT molecular complexity index is 755. The van der Waals surface area contributed by atoms with E-state index in [9.17, 15) is 4.79 Å². The number of aryl methyl sites for hydroxylation is 1. The Morgan fingerprint density at radius 1 is 1.12 bits per heavy atom. The van der Waals surface area contributed by atoms with Crippen molar-refractivity contribution in [3.63, 3.8) is 0 Å². The van der Waals surface area contributed by atoms with Crippen LogP contribution in [0.5, 0.6) is 0 Å². The van der Waals surface area contributed by atoms with Crippen LogP contribution in [0, 0.1) is 6.92 Å². The Balaban J connectivity index is 1.79. The third-order valence-electron chi connectivity index (χ3n) is 4.64. The van der Waals surface area contributed by atoms with Crippen LogP contribution in [-0.4, -0.2) is 29.1 Å². The van der Waals surface area contributed by atoms with Crippen molar-refractivity contribution in [1.29, 1.82) is 0 Å². The Kier molecular flexibility index (Phi) is 6.04. The molecule has 6 nitrogen and oxygen atoms in total. The van der Waals surface area contributed by atoms with Crippen LogP contribution in [0.15, 0.2) is 30.3 Å². The Hall–Kier alpha value is -2.63. The van der Waals surface area contributed by atoms with Crippen LogP contribution in [-0.2, 0) is 4.74 Å². The summed E-state index contributed by atoms with van der Waals surface area (Å²) >= 11 is 0. The molecule has 2 aromatic rings. The lowest BCUT2D eigenvalue weighted by atomic mass is 10.1. The Morgan fingerprint density at radius 3 is 2.58 bits per heavy atom. The minimum Gasteiger partial charge on any atom is -0.465 e. The van der Waals surface area contributed by atoms with Crippen molar-refractivity contribution in [2.75, 3.05) is 17.7 Å². The van der Waals surface area contributed by atoms with E-state index in [0.717, 1.165) is 11.5 Å². The van der Waals surface area contributed by atoms with Gasteiger partial charge < -0.3 is 15.4 Å². The highest BCUT2D eigenvalue weighted by atomic mass is 16.5. The minimum atomic E-state index is -0.391. The van der Waals surface area contributed by atoms with Gasteiger partial charge in [0.15, 0.2) is 0 Å². The fourth-order valence-corrected chi connectivity index (χ4v) is 3.33. The molecule has 6 heteroatoms. The number of methoxy groups -OCH3 is 1. The summed E-state index contributed by atoms with van der Waals surface area (Å²) in [6, 6.07) is 9.61. The molecule has 0 amide bonds. The number of nitrogens with one attached hydrogen (secondary N) is 2. The predicted molar refractivity (Wildman–Crippen MR) is 103 cm³/mol. The second-order valence-corrected chi connectivity index (χ2v) is 6.71. The molecule has 1 aliphatic rings. The summed E-state index contributed by atoms with van der Waals surface area (Å²) in [5.74, 6) is 0.900. The van der Waals surface area contributed by atoms with Crippen molar-refractivity contribution >= 4 is 23.4 Å². The molecule has 0 unspecified atom stereocenters. The van der Waals surface area contributed by atoms with Crippen LogP contribution < -0.4 is 10.6 Å². The molecule has 0 bridgehead atoms. The molecule has 1 aromatic heterocycles. The molecule has 0 radical (unpaired) electrons. The topological polar surface area (TPSA) is 76.1 Å². The average molecular weight is 354 g/mol. The quantitative estimate of drug-likeness (QED) is 0.610. The number of hydrogen-bond donors (Lipinski definition) is 2. The lowest BCUT2D eigenvalue weighted by Crippen LogP contribution is -2.19. The molecule has 0 atom stereocenters. The van der Waals surface area contributed by atoms with Gasteiger partial charge in [0.05, 0.1) is 18.4 Å². The van der Waals surface area contributed by atoms with E-state index in [0.29, 0.717) is 23.2 Å². The number of nitrogens with zero attached hydrogens (tertiary/aromatic N) is 2. The maximum absolute atomic E-state index is 11.9. The van der Waals surface area contributed by atoms with Crippen LogP contribution >= 0.6 is 0 Å². The molecular weight excluding hydrogens is 328 g/mol. The van der Waals surface area contributed by atoms with E-state index in [1.807, 2.05) is 25.1 Å². The molecule has 0 saturated heterocycles. The molecule has 138 valence electrons. The number of carbonyl (C=O) groups is 1. The van der Waals surface area contributed by atoms with Crippen molar-refractivity contribution in [3.05, 3.63) is 41.6 Å². The molecule has 3 rings (SSSR count). The van der Waals surface area contributed by atoms with E-state index in [1.54, 1.807) is 12.1 Å². The average Bonchev–Trinajstić information content (AvgIpc) is 2.90. The number of benzene rings is 1. The molecule has 1 aliphatic carbocycles. The molecule has 2 N–H and O–H groups in total. The molecular formula is C20H26N4O2. The van der Waals surface area contributed by atoms with Gasteiger partial charge in [0, 0.05) is 17.8 Å². The first-order valence-corrected chi connectivity index (χ1v) is 9.22. The largest absolute Gasteiger partial charge is 0.465 e. The summed E-state index contributed by atoms with van der Waals surface area (Å²) in [6.45, 7) is 1.94. The molecule has 1 saturated carbocycles. The second kappa shape index (κ2) is 8.65. The number of hydrogen-bond acceptors (Lipinski definition) is 6. The maximum atomic E-state index is 11.9. The van der Waals surface area contributed by atoms with E-state index >= 15 is 0 Å². The SMILES string of the molecule is COC(=O)c1ccccc1Nc1nc(C)cc(NC2CCCCCC2)n1. The van der Waals surface area contributed by atoms with Crippen molar-refractivity contribution in [2.45, 2.75) is 51.5 Å². The Morgan fingerprint density at radius 2 is 1.85 bits per heavy atom. The van der Waals surface area contributed by atoms with Gasteiger partial charge in [-0.15, -0.1) is 0 Å². The van der Waals surface area contributed by atoms with Gasteiger partial charge in [-0.25, -0.2) is 9.78 Å². The second-order valence-electron chi connectivity index (χ2n) is 6.71. The van der Waals surface area contributed by atoms with Crippen molar-refractivity contribution < 1.29 is 9.53 Å². The van der Waals surface area contributed by atoms with Crippen molar-refractivity contribution in [2.24, 2.45) is 0 Å². The summed E-state index contributed by atoms with van der Waals surface area (Å²) < 4.78 is 4.84.